The minimum Gasteiger partial charge on any atom is -0.443 e. The van der Waals surface area contributed by atoms with Crippen molar-refractivity contribution in [3.63, 3.8) is 0 Å². The number of rotatable bonds is 0. The third kappa shape index (κ3) is 1.23. The van der Waals surface area contributed by atoms with Gasteiger partial charge in [0.05, 0.1) is 5.56 Å². The van der Waals surface area contributed by atoms with Crippen molar-refractivity contribution < 1.29 is 13.9 Å². The molecule has 0 N–H and O–H groups in total. The van der Waals surface area contributed by atoms with Crippen LogP contribution in [0.5, 0.6) is 0 Å². The highest BCUT2D eigenvalue weighted by molar-refractivity contribution is 5.92. The largest absolute Gasteiger partial charge is 0.443 e. The summed E-state index contributed by atoms with van der Waals surface area (Å²) in [6.45, 7) is 0. The number of carbonyl (C=O) groups excluding carboxylic acids is 1. The molecule has 4 heteroatoms. The number of nitrogens with zero attached hydrogens (tertiary/aromatic N) is 1. The van der Waals surface area contributed by atoms with Gasteiger partial charge in [0.2, 0.25) is 0 Å². The summed E-state index contributed by atoms with van der Waals surface area (Å²) in [5.41, 5.74) is 0.492. The SMILES string of the molecule is N#CC1Cc2c(F)cccc2C(=O)O1. The maximum atomic E-state index is 13.2. The molecular formula is C10H6FNO2. The Morgan fingerprint density at radius 2 is 2.36 bits per heavy atom. The molecule has 1 aromatic carbocycles. The number of cyclic esters (lactones) is 1. The first-order valence-corrected chi connectivity index (χ1v) is 4.10. The number of ether oxygens (including phenoxy) is 1. The highest BCUT2D eigenvalue weighted by Gasteiger charge is 2.27. The van der Waals surface area contributed by atoms with Crippen LogP contribution in [0.15, 0.2) is 18.2 Å². The van der Waals surface area contributed by atoms with Crippen LogP contribution in [0.1, 0.15) is 15.9 Å². The van der Waals surface area contributed by atoms with Crippen molar-refractivity contribution in [2.24, 2.45) is 0 Å². The van der Waals surface area contributed by atoms with E-state index >= 15 is 0 Å². The van der Waals surface area contributed by atoms with Crippen molar-refractivity contribution in [2.45, 2.75) is 12.5 Å². The van der Waals surface area contributed by atoms with E-state index in [4.69, 9.17) is 10.00 Å². The fourth-order valence-electron chi connectivity index (χ4n) is 1.45. The van der Waals surface area contributed by atoms with Crippen molar-refractivity contribution in [3.8, 4) is 6.07 Å². The molecule has 0 amide bonds. The van der Waals surface area contributed by atoms with Gasteiger partial charge in [-0.05, 0) is 12.1 Å². The summed E-state index contributed by atoms with van der Waals surface area (Å²) in [6, 6.07) is 6.00. The van der Waals surface area contributed by atoms with Crippen LogP contribution >= 0.6 is 0 Å². The number of fused-ring (bicyclic) bond motifs is 1. The first kappa shape index (κ1) is 8.70. The summed E-state index contributed by atoms with van der Waals surface area (Å²) in [5.74, 6) is -1.09. The molecule has 0 bridgehead atoms. The van der Waals surface area contributed by atoms with Gasteiger partial charge in [-0.3, -0.25) is 0 Å². The number of carbonyl (C=O) groups is 1. The van der Waals surface area contributed by atoms with Gasteiger partial charge in [-0.1, -0.05) is 6.07 Å². The molecule has 1 unspecified atom stereocenters. The molecule has 1 atom stereocenters. The standard InChI is InChI=1S/C10H6FNO2/c11-9-3-1-2-7-8(9)4-6(5-12)14-10(7)13/h1-3,6H,4H2. The monoisotopic (exact) mass is 191 g/mol. The van der Waals surface area contributed by atoms with Crippen molar-refractivity contribution >= 4 is 5.97 Å². The lowest BCUT2D eigenvalue weighted by Crippen LogP contribution is -2.27. The lowest BCUT2D eigenvalue weighted by Gasteiger charge is -2.19. The Hall–Kier alpha value is -1.89. The smallest absolute Gasteiger partial charge is 0.339 e. The maximum absolute atomic E-state index is 13.2. The molecule has 0 aromatic heterocycles. The fraction of sp³-hybridized carbons (Fsp3) is 0.200. The fourth-order valence-corrected chi connectivity index (χ4v) is 1.45. The predicted octanol–water partition coefficient (Wildman–Crippen LogP) is 1.43. The van der Waals surface area contributed by atoms with Crippen LogP contribution in [0.25, 0.3) is 0 Å². The second-order valence-electron chi connectivity index (χ2n) is 2.99. The van der Waals surface area contributed by atoms with Gasteiger partial charge in [0.25, 0.3) is 0 Å². The molecule has 14 heavy (non-hydrogen) atoms. The van der Waals surface area contributed by atoms with Gasteiger partial charge in [-0.15, -0.1) is 0 Å². The second-order valence-corrected chi connectivity index (χ2v) is 2.99. The number of esters is 1. The van der Waals surface area contributed by atoms with E-state index in [2.05, 4.69) is 0 Å². The summed E-state index contributed by atoms with van der Waals surface area (Å²) >= 11 is 0. The number of nitriles is 1. The zero-order chi connectivity index (χ0) is 10.1. The summed E-state index contributed by atoms with van der Waals surface area (Å²) in [4.78, 5) is 11.3. The summed E-state index contributed by atoms with van der Waals surface area (Å²) in [5, 5.41) is 8.58. The molecule has 1 aliphatic rings. The number of halogens is 1. The minimum atomic E-state index is -0.869. The normalized spacial score (nSPS) is 19.4. The molecule has 1 heterocycles. The van der Waals surface area contributed by atoms with E-state index in [0.29, 0.717) is 0 Å². The highest BCUT2D eigenvalue weighted by Crippen LogP contribution is 2.22. The van der Waals surface area contributed by atoms with Crippen molar-refractivity contribution in [1.82, 2.24) is 0 Å². The lowest BCUT2D eigenvalue weighted by atomic mass is 9.98. The first-order valence-electron chi connectivity index (χ1n) is 4.10. The first-order chi connectivity index (χ1) is 6.72. The molecule has 0 saturated heterocycles. The Morgan fingerprint density at radius 3 is 3.07 bits per heavy atom. The lowest BCUT2D eigenvalue weighted by molar-refractivity contribution is 0.0367. The highest BCUT2D eigenvalue weighted by atomic mass is 19.1. The quantitative estimate of drug-likeness (QED) is 0.583. The Balaban J connectivity index is 2.52. The van der Waals surface area contributed by atoms with Crippen LogP contribution in [-0.4, -0.2) is 12.1 Å². The second kappa shape index (κ2) is 3.11. The van der Waals surface area contributed by atoms with E-state index in [0.717, 1.165) is 0 Å². The van der Waals surface area contributed by atoms with Crippen molar-refractivity contribution in [3.05, 3.63) is 35.1 Å². The van der Waals surface area contributed by atoms with Gasteiger partial charge in [0, 0.05) is 12.0 Å². The van der Waals surface area contributed by atoms with Crippen molar-refractivity contribution in [2.75, 3.05) is 0 Å². The van der Waals surface area contributed by atoms with Crippen LogP contribution in [0, 0.1) is 17.1 Å². The molecule has 2 rings (SSSR count). The van der Waals surface area contributed by atoms with Gasteiger partial charge in [0.15, 0.2) is 6.10 Å². The zero-order valence-corrected chi connectivity index (χ0v) is 7.16. The molecule has 3 nitrogen and oxygen atoms in total. The molecule has 0 fully saturated rings. The van der Waals surface area contributed by atoms with E-state index in [1.54, 1.807) is 6.07 Å². The molecule has 1 aliphatic heterocycles. The van der Waals surface area contributed by atoms with Crippen LogP contribution in [0.2, 0.25) is 0 Å². The van der Waals surface area contributed by atoms with Gasteiger partial charge in [-0.25, -0.2) is 9.18 Å². The van der Waals surface area contributed by atoms with Crippen LogP contribution in [-0.2, 0) is 11.2 Å². The summed E-state index contributed by atoms with van der Waals surface area (Å²) in [6.07, 6.45) is -0.739. The molecule has 1 aromatic rings. The number of benzene rings is 1. The van der Waals surface area contributed by atoms with E-state index in [1.165, 1.54) is 18.2 Å². The van der Waals surface area contributed by atoms with E-state index in [9.17, 15) is 9.18 Å². The molecular weight excluding hydrogens is 185 g/mol. The van der Waals surface area contributed by atoms with Crippen LogP contribution < -0.4 is 0 Å². The van der Waals surface area contributed by atoms with Crippen LogP contribution in [0.4, 0.5) is 4.39 Å². The Morgan fingerprint density at radius 1 is 1.57 bits per heavy atom. The predicted molar refractivity (Wildman–Crippen MR) is 44.9 cm³/mol. The number of hydrogen-bond acceptors (Lipinski definition) is 3. The average Bonchev–Trinajstić information content (AvgIpc) is 2.19. The molecule has 70 valence electrons. The van der Waals surface area contributed by atoms with Gasteiger partial charge >= 0.3 is 5.97 Å². The van der Waals surface area contributed by atoms with E-state index in [1.807, 2.05) is 0 Å². The summed E-state index contributed by atoms with van der Waals surface area (Å²) in [7, 11) is 0. The zero-order valence-electron chi connectivity index (χ0n) is 7.16. The molecule has 0 saturated carbocycles. The van der Waals surface area contributed by atoms with Gasteiger partial charge in [0.1, 0.15) is 11.9 Å². The average molecular weight is 191 g/mol. The minimum absolute atomic E-state index is 0.129. The Labute approximate surface area is 79.7 Å². The topological polar surface area (TPSA) is 50.1 Å². The summed E-state index contributed by atoms with van der Waals surface area (Å²) < 4.78 is 18.0. The van der Waals surface area contributed by atoms with Crippen LogP contribution in [0.3, 0.4) is 0 Å². The maximum Gasteiger partial charge on any atom is 0.339 e. The van der Waals surface area contributed by atoms with Gasteiger partial charge < -0.3 is 4.74 Å². The molecule has 0 radical (unpaired) electrons. The van der Waals surface area contributed by atoms with Crippen molar-refractivity contribution in [1.29, 1.82) is 5.26 Å². The Kier molecular flexibility index (Phi) is 1.93. The Bertz CT molecular complexity index is 436. The third-order valence-electron chi connectivity index (χ3n) is 2.12. The number of hydrogen-bond donors (Lipinski definition) is 0. The third-order valence-corrected chi connectivity index (χ3v) is 2.12. The molecule has 0 aliphatic carbocycles. The van der Waals surface area contributed by atoms with E-state index in [-0.39, 0.29) is 17.5 Å². The molecule has 0 spiro atoms. The van der Waals surface area contributed by atoms with Gasteiger partial charge in [-0.2, -0.15) is 5.26 Å². The van der Waals surface area contributed by atoms with E-state index < -0.39 is 17.9 Å².